The molecular formula is C20H19FO2. The van der Waals surface area contributed by atoms with Crippen molar-refractivity contribution in [1.29, 1.82) is 0 Å². The lowest BCUT2D eigenvalue weighted by Gasteiger charge is -2.08. The SMILES string of the molecule is C=C(CCc1cccc(Cc2ccc(F)cc2C)c1)C(=O)C=O. The number of hydrogen-bond donors (Lipinski definition) is 0. The summed E-state index contributed by atoms with van der Waals surface area (Å²) in [5.41, 5.74) is 4.57. The summed E-state index contributed by atoms with van der Waals surface area (Å²) in [7, 11) is 0. The van der Waals surface area contributed by atoms with Crippen molar-refractivity contribution in [3.05, 3.63) is 82.7 Å². The predicted molar refractivity (Wildman–Crippen MR) is 88.9 cm³/mol. The zero-order valence-corrected chi connectivity index (χ0v) is 13.1. The van der Waals surface area contributed by atoms with E-state index in [1.807, 2.05) is 31.2 Å². The van der Waals surface area contributed by atoms with Gasteiger partial charge in [0.15, 0.2) is 6.29 Å². The molecule has 0 saturated heterocycles. The van der Waals surface area contributed by atoms with Crippen molar-refractivity contribution in [2.45, 2.75) is 26.2 Å². The fourth-order valence-corrected chi connectivity index (χ4v) is 2.47. The summed E-state index contributed by atoms with van der Waals surface area (Å²) in [5, 5.41) is 0. The highest BCUT2D eigenvalue weighted by Gasteiger charge is 2.07. The minimum absolute atomic E-state index is 0.224. The maximum atomic E-state index is 13.2. The Hall–Kier alpha value is -2.55. The number of hydrogen-bond acceptors (Lipinski definition) is 2. The van der Waals surface area contributed by atoms with E-state index < -0.39 is 5.78 Å². The van der Waals surface area contributed by atoms with Gasteiger partial charge in [-0.05, 0) is 66.1 Å². The van der Waals surface area contributed by atoms with Gasteiger partial charge in [0.05, 0.1) is 0 Å². The van der Waals surface area contributed by atoms with Crippen LogP contribution in [0, 0.1) is 12.7 Å². The molecule has 0 radical (unpaired) electrons. The second-order valence-corrected chi connectivity index (χ2v) is 5.65. The molecule has 2 rings (SSSR count). The number of Topliss-reactive ketones (excluding diaryl/α,β-unsaturated/α-hetero) is 1. The summed E-state index contributed by atoms with van der Waals surface area (Å²) < 4.78 is 13.2. The molecule has 3 heteroatoms. The van der Waals surface area contributed by atoms with Crippen LogP contribution in [0.4, 0.5) is 4.39 Å². The Kier molecular flexibility index (Phi) is 5.58. The van der Waals surface area contributed by atoms with E-state index in [-0.39, 0.29) is 5.82 Å². The molecular weight excluding hydrogens is 291 g/mol. The van der Waals surface area contributed by atoms with Crippen molar-refractivity contribution in [3.8, 4) is 0 Å². The van der Waals surface area contributed by atoms with Gasteiger partial charge in [-0.3, -0.25) is 9.59 Å². The molecule has 0 saturated carbocycles. The van der Waals surface area contributed by atoms with E-state index in [1.165, 1.54) is 12.1 Å². The molecule has 0 aliphatic heterocycles. The van der Waals surface area contributed by atoms with Crippen molar-refractivity contribution in [1.82, 2.24) is 0 Å². The number of aryl methyl sites for hydroxylation is 2. The monoisotopic (exact) mass is 310 g/mol. The van der Waals surface area contributed by atoms with E-state index in [0.717, 1.165) is 28.7 Å². The third-order valence-corrected chi connectivity index (χ3v) is 3.86. The van der Waals surface area contributed by atoms with Gasteiger partial charge >= 0.3 is 0 Å². The average Bonchev–Trinajstić information content (AvgIpc) is 2.55. The molecule has 2 nitrogen and oxygen atoms in total. The lowest BCUT2D eigenvalue weighted by atomic mass is 9.97. The third kappa shape index (κ3) is 4.71. The Morgan fingerprint density at radius 2 is 1.91 bits per heavy atom. The van der Waals surface area contributed by atoms with Crippen LogP contribution in [0.1, 0.15) is 28.7 Å². The van der Waals surface area contributed by atoms with Crippen LogP contribution in [0.3, 0.4) is 0 Å². The second-order valence-electron chi connectivity index (χ2n) is 5.65. The van der Waals surface area contributed by atoms with Gasteiger partial charge in [0.25, 0.3) is 0 Å². The maximum Gasteiger partial charge on any atom is 0.220 e. The van der Waals surface area contributed by atoms with E-state index in [4.69, 9.17) is 0 Å². The van der Waals surface area contributed by atoms with Gasteiger partial charge in [0.1, 0.15) is 5.82 Å². The van der Waals surface area contributed by atoms with E-state index in [9.17, 15) is 14.0 Å². The van der Waals surface area contributed by atoms with E-state index >= 15 is 0 Å². The maximum absolute atomic E-state index is 13.2. The van der Waals surface area contributed by atoms with E-state index in [0.29, 0.717) is 24.7 Å². The fraction of sp³-hybridized carbons (Fsp3) is 0.200. The first kappa shape index (κ1) is 16.8. The number of benzene rings is 2. The minimum atomic E-state index is -0.539. The van der Waals surface area contributed by atoms with Gasteiger partial charge in [-0.25, -0.2) is 4.39 Å². The third-order valence-electron chi connectivity index (χ3n) is 3.86. The normalized spacial score (nSPS) is 10.3. The summed E-state index contributed by atoms with van der Waals surface area (Å²) >= 11 is 0. The molecule has 0 N–H and O–H groups in total. The first-order valence-electron chi connectivity index (χ1n) is 7.49. The Bertz CT molecular complexity index is 747. The first-order valence-corrected chi connectivity index (χ1v) is 7.49. The lowest BCUT2D eigenvalue weighted by Crippen LogP contribution is -2.03. The molecule has 0 unspecified atom stereocenters. The van der Waals surface area contributed by atoms with E-state index in [1.54, 1.807) is 0 Å². The molecule has 0 spiro atoms. The Morgan fingerprint density at radius 1 is 1.17 bits per heavy atom. The van der Waals surface area contributed by atoms with Crippen LogP contribution < -0.4 is 0 Å². The van der Waals surface area contributed by atoms with Crippen LogP contribution in [-0.4, -0.2) is 12.1 Å². The minimum Gasteiger partial charge on any atom is -0.294 e. The van der Waals surface area contributed by atoms with Gasteiger partial charge < -0.3 is 0 Å². The average molecular weight is 310 g/mol. The highest BCUT2D eigenvalue weighted by atomic mass is 19.1. The first-order chi connectivity index (χ1) is 11.0. The summed E-state index contributed by atoms with van der Waals surface area (Å²) in [5.74, 6) is -0.763. The molecule has 0 aromatic heterocycles. The molecule has 0 heterocycles. The van der Waals surface area contributed by atoms with Crippen molar-refractivity contribution >= 4 is 12.1 Å². The second kappa shape index (κ2) is 7.63. The molecule has 2 aromatic carbocycles. The Labute approximate surface area is 135 Å². The molecule has 0 aliphatic rings. The smallest absolute Gasteiger partial charge is 0.220 e. The number of halogens is 1. The largest absolute Gasteiger partial charge is 0.294 e. The molecule has 0 fully saturated rings. The highest BCUT2D eigenvalue weighted by Crippen LogP contribution is 2.17. The van der Waals surface area contributed by atoms with Gasteiger partial charge in [-0.1, -0.05) is 36.9 Å². The summed E-state index contributed by atoms with van der Waals surface area (Å²) in [6, 6.07) is 12.9. The van der Waals surface area contributed by atoms with Crippen LogP contribution in [-0.2, 0) is 22.4 Å². The van der Waals surface area contributed by atoms with Crippen molar-refractivity contribution in [3.63, 3.8) is 0 Å². The summed E-state index contributed by atoms with van der Waals surface area (Å²) in [6.07, 6.45) is 2.16. The number of ketones is 1. The molecule has 0 aliphatic carbocycles. The number of carbonyl (C=O) groups is 2. The molecule has 0 atom stereocenters. The molecule has 2 aromatic rings. The topological polar surface area (TPSA) is 34.1 Å². The number of rotatable bonds is 7. The van der Waals surface area contributed by atoms with Crippen molar-refractivity contribution < 1.29 is 14.0 Å². The molecule has 118 valence electrons. The van der Waals surface area contributed by atoms with Gasteiger partial charge in [0.2, 0.25) is 5.78 Å². The number of allylic oxidation sites excluding steroid dienone is 1. The van der Waals surface area contributed by atoms with Crippen LogP contribution in [0.2, 0.25) is 0 Å². The van der Waals surface area contributed by atoms with Crippen molar-refractivity contribution in [2.24, 2.45) is 0 Å². The Morgan fingerprint density at radius 3 is 2.61 bits per heavy atom. The zero-order valence-electron chi connectivity index (χ0n) is 13.1. The highest BCUT2D eigenvalue weighted by molar-refractivity contribution is 6.32. The predicted octanol–water partition coefficient (Wildman–Crippen LogP) is 3.98. The van der Waals surface area contributed by atoms with Gasteiger partial charge in [-0.2, -0.15) is 0 Å². The lowest BCUT2D eigenvalue weighted by molar-refractivity contribution is -0.127. The van der Waals surface area contributed by atoms with Crippen molar-refractivity contribution in [2.75, 3.05) is 0 Å². The Balaban J connectivity index is 2.06. The molecule has 0 amide bonds. The summed E-state index contributed by atoms with van der Waals surface area (Å²) in [4.78, 5) is 21.6. The zero-order chi connectivity index (χ0) is 16.8. The van der Waals surface area contributed by atoms with Crippen LogP contribution in [0.25, 0.3) is 0 Å². The van der Waals surface area contributed by atoms with E-state index in [2.05, 4.69) is 12.6 Å². The van der Waals surface area contributed by atoms with Crippen LogP contribution >= 0.6 is 0 Å². The van der Waals surface area contributed by atoms with Gasteiger partial charge in [-0.15, -0.1) is 0 Å². The standard InChI is InChI=1S/C20H19FO2/c1-14(20(23)13-22)6-7-16-4-3-5-17(11-16)12-18-8-9-19(21)10-15(18)2/h3-5,8-11,13H,1,6-7,12H2,2H3. The summed E-state index contributed by atoms with van der Waals surface area (Å²) in [6.45, 7) is 5.53. The van der Waals surface area contributed by atoms with Gasteiger partial charge in [0, 0.05) is 0 Å². The fourth-order valence-electron chi connectivity index (χ4n) is 2.47. The van der Waals surface area contributed by atoms with Crippen LogP contribution in [0.5, 0.6) is 0 Å². The molecule has 23 heavy (non-hydrogen) atoms. The quantitative estimate of drug-likeness (QED) is 0.440. The van der Waals surface area contributed by atoms with Crippen LogP contribution in [0.15, 0.2) is 54.6 Å². The number of carbonyl (C=O) groups excluding carboxylic acids is 2. The molecule has 0 bridgehead atoms. The number of aldehydes is 1.